The molecule has 5 heteroatoms. The predicted octanol–water partition coefficient (Wildman–Crippen LogP) is 2.58. The molecule has 0 atom stereocenters. The highest BCUT2D eigenvalue weighted by Gasteiger charge is 1.98. The molecule has 0 amide bonds. The summed E-state index contributed by atoms with van der Waals surface area (Å²) in [6.45, 7) is 0.612. The van der Waals surface area contributed by atoms with Gasteiger partial charge in [0.2, 0.25) is 0 Å². The van der Waals surface area contributed by atoms with Gasteiger partial charge in [-0.15, -0.1) is 0 Å². The van der Waals surface area contributed by atoms with Crippen LogP contribution in [0.1, 0.15) is 5.69 Å². The third kappa shape index (κ3) is 2.77. The molecule has 0 radical (unpaired) electrons. The SMILES string of the molecule is Oc1ccc(CNc2ccc(-n3cccn3)cc2)nc1. The Morgan fingerprint density at radius 1 is 1.10 bits per heavy atom. The number of hydrogen-bond acceptors (Lipinski definition) is 4. The van der Waals surface area contributed by atoms with Crippen LogP contribution in [0.4, 0.5) is 5.69 Å². The molecule has 0 saturated carbocycles. The van der Waals surface area contributed by atoms with Crippen molar-refractivity contribution in [1.29, 1.82) is 0 Å². The van der Waals surface area contributed by atoms with Crippen molar-refractivity contribution in [2.45, 2.75) is 6.54 Å². The van der Waals surface area contributed by atoms with Crippen LogP contribution in [0.3, 0.4) is 0 Å². The minimum Gasteiger partial charge on any atom is -0.506 e. The highest BCUT2D eigenvalue weighted by molar-refractivity contribution is 5.48. The van der Waals surface area contributed by atoms with E-state index in [2.05, 4.69) is 15.4 Å². The molecule has 0 saturated heterocycles. The third-order valence-corrected chi connectivity index (χ3v) is 2.92. The van der Waals surface area contributed by atoms with Gasteiger partial charge in [-0.1, -0.05) is 0 Å². The van der Waals surface area contributed by atoms with Gasteiger partial charge in [0.1, 0.15) is 5.75 Å². The van der Waals surface area contributed by atoms with Crippen molar-refractivity contribution in [3.05, 3.63) is 66.7 Å². The number of nitrogens with one attached hydrogen (secondary N) is 1. The summed E-state index contributed by atoms with van der Waals surface area (Å²) >= 11 is 0. The Balaban J connectivity index is 1.65. The molecule has 0 fully saturated rings. The number of pyridine rings is 1. The van der Waals surface area contributed by atoms with Gasteiger partial charge in [-0.05, 0) is 42.5 Å². The fourth-order valence-electron chi connectivity index (χ4n) is 1.87. The van der Waals surface area contributed by atoms with E-state index in [0.717, 1.165) is 17.1 Å². The predicted molar refractivity (Wildman–Crippen MR) is 76.8 cm³/mol. The second-order valence-corrected chi connectivity index (χ2v) is 4.36. The Bertz CT molecular complexity index is 660. The molecule has 0 spiro atoms. The fourth-order valence-corrected chi connectivity index (χ4v) is 1.87. The smallest absolute Gasteiger partial charge is 0.133 e. The summed E-state index contributed by atoms with van der Waals surface area (Å²) in [5.74, 6) is 0.178. The normalized spacial score (nSPS) is 10.4. The summed E-state index contributed by atoms with van der Waals surface area (Å²) in [5.41, 5.74) is 2.90. The average Bonchev–Trinajstić information content (AvgIpc) is 3.01. The zero-order valence-corrected chi connectivity index (χ0v) is 10.8. The van der Waals surface area contributed by atoms with Crippen LogP contribution in [-0.2, 0) is 6.54 Å². The van der Waals surface area contributed by atoms with Gasteiger partial charge in [0.25, 0.3) is 0 Å². The quantitative estimate of drug-likeness (QED) is 0.762. The lowest BCUT2D eigenvalue weighted by Crippen LogP contribution is -2.01. The summed E-state index contributed by atoms with van der Waals surface area (Å²) < 4.78 is 1.81. The molecule has 0 aliphatic carbocycles. The number of anilines is 1. The van der Waals surface area contributed by atoms with E-state index < -0.39 is 0 Å². The first-order valence-corrected chi connectivity index (χ1v) is 6.29. The molecule has 5 nitrogen and oxygen atoms in total. The van der Waals surface area contributed by atoms with Gasteiger partial charge in [-0.25, -0.2) is 4.68 Å². The Labute approximate surface area is 116 Å². The molecule has 3 aromatic rings. The van der Waals surface area contributed by atoms with Gasteiger partial charge in [-0.2, -0.15) is 5.10 Å². The first kappa shape index (κ1) is 12.2. The van der Waals surface area contributed by atoms with E-state index in [1.54, 1.807) is 18.3 Å². The minimum atomic E-state index is 0.178. The molecule has 20 heavy (non-hydrogen) atoms. The number of aromatic nitrogens is 3. The molecule has 2 heterocycles. The molecule has 2 N–H and O–H groups in total. The molecular formula is C15H14N4O. The largest absolute Gasteiger partial charge is 0.506 e. The number of benzene rings is 1. The van der Waals surface area contributed by atoms with Crippen LogP contribution in [0, 0.1) is 0 Å². The Kier molecular flexibility index (Phi) is 3.33. The first-order valence-electron chi connectivity index (χ1n) is 6.29. The van der Waals surface area contributed by atoms with E-state index in [4.69, 9.17) is 0 Å². The first-order chi connectivity index (χ1) is 9.81. The van der Waals surface area contributed by atoms with Crippen molar-refractivity contribution >= 4 is 5.69 Å². The van der Waals surface area contributed by atoms with Crippen molar-refractivity contribution in [3.63, 3.8) is 0 Å². The molecule has 0 bridgehead atoms. The monoisotopic (exact) mass is 266 g/mol. The van der Waals surface area contributed by atoms with E-state index in [-0.39, 0.29) is 5.75 Å². The van der Waals surface area contributed by atoms with Crippen LogP contribution in [0.2, 0.25) is 0 Å². The van der Waals surface area contributed by atoms with E-state index in [1.807, 2.05) is 41.2 Å². The average molecular weight is 266 g/mol. The number of aromatic hydroxyl groups is 1. The fraction of sp³-hybridized carbons (Fsp3) is 0.0667. The van der Waals surface area contributed by atoms with E-state index in [9.17, 15) is 5.11 Å². The lowest BCUT2D eigenvalue weighted by molar-refractivity contribution is 0.472. The molecular weight excluding hydrogens is 252 g/mol. The number of rotatable bonds is 4. The molecule has 0 aliphatic rings. The second kappa shape index (κ2) is 5.44. The van der Waals surface area contributed by atoms with E-state index in [0.29, 0.717) is 6.54 Å². The molecule has 0 unspecified atom stereocenters. The Morgan fingerprint density at radius 3 is 2.60 bits per heavy atom. The van der Waals surface area contributed by atoms with Crippen molar-refractivity contribution in [2.75, 3.05) is 5.32 Å². The molecule has 0 aliphatic heterocycles. The third-order valence-electron chi connectivity index (χ3n) is 2.92. The van der Waals surface area contributed by atoms with Gasteiger partial charge < -0.3 is 10.4 Å². The number of hydrogen-bond donors (Lipinski definition) is 2. The summed E-state index contributed by atoms with van der Waals surface area (Å²) in [7, 11) is 0. The van der Waals surface area contributed by atoms with Crippen LogP contribution in [0.15, 0.2) is 61.1 Å². The van der Waals surface area contributed by atoms with Crippen LogP contribution in [0.5, 0.6) is 5.75 Å². The maximum absolute atomic E-state index is 9.17. The van der Waals surface area contributed by atoms with E-state index in [1.165, 1.54) is 6.20 Å². The number of nitrogens with zero attached hydrogens (tertiary/aromatic N) is 3. The highest BCUT2D eigenvalue weighted by Crippen LogP contribution is 2.14. The van der Waals surface area contributed by atoms with Gasteiger partial charge in [0.15, 0.2) is 0 Å². The zero-order chi connectivity index (χ0) is 13.8. The van der Waals surface area contributed by atoms with Crippen LogP contribution < -0.4 is 5.32 Å². The standard InChI is InChI=1S/C15H14N4O/c20-15-7-4-13(17-11-15)10-16-12-2-5-14(6-3-12)19-9-1-8-18-19/h1-9,11,16,20H,10H2. The van der Waals surface area contributed by atoms with Crippen LogP contribution in [-0.4, -0.2) is 19.9 Å². The zero-order valence-electron chi connectivity index (χ0n) is 10.8. The molecule has 2 aromatic heterocycles. The molecule has 100 valence electrons. The Morgan fingerprint density at radius 2 is 1.95 bits per heavy atom. The van der Waals surface area contributed by atoms with Gasteiger partial charge in [0.05, 0.1) is 24.1 Å². The van der Waals surface area contributed by atoms with Crippen LogP contribution >= 0.6 is 0 Å². The Hall–Kier alpha value is -2.82. The van der Waals surface area contributed by atoms with Gasteiger partial charge >= 0.3 is 0 Å². The van der Waals surface area contributed by atoms with Crippen molar-refractivity contribution in [1.82, 2.24) is 14.8 Å². The summed E-state index contributed by atoms with van der Waals surface area (Å²) in [5, 5.41) is 16.6. The van der Waals surface area contributed by atoms with Crippen molar-refractivity contribution < 1.29 is 5.11 Å². The lowest BCUT2D eigenvalue weighted by Gasteiger charge is -2.07. The van der Waals surface area contributed by atoms with Crippen molar-refractivity contribution in [3.8, 4) is 11.4 Å². The maximum Gasteiger partial charge on any atom is 0.133 e. The van der Waals surface area contributed by atoms with Crippen LogP contribution in [0.25, 0.3) is 5.69 Å². The lowest BCUT2D eigenvalue weighted by atomic mass is 10.2. The second-order valence-electron chi connectivity index (χ2n) is 4.36. The van der Waals surface area contributed by atoms with Gasteiger partial charge in [0, 0.05) is 18.1 Å². The highest BCUT2D eigenvalue weighted by atomic mass is 16.3. The molecule has 1 aromatic carbocycles. The van der Waals surface area contributed by atoms with Crippen molar-refractivity contribution in [2.24, 2.45) is 0 Å². The summed E-state index contributed by atoms with van der Waals surface area (Å²) in [4.78, 5) is 4.12. The summed E-state index contributed by atoms with van der Waals surface area (Å²) in [6.07, 6.45) is 5.10. The van der Waals surface area contributed by atoms with Gasteiger partial charge in [-0.3, -0.25) is 4.98 Å². The maximum atomic E-state index is 9.17. The topological polar surface area (TPSA) is 63.0 Å². The minimum absolute atomic E-state index is 0.178. The van der Waals surface area contributed by atoms with E-state index >= 15 is 0 Å². The summed E-state index contributed by atoms with van der Waals surface area (Å²) in [6, 6.07) is 13.3. The molecule has 3 rings (SSSR count).